The molecule has 2 rings (SSSR count). The molecule has 100 valence electrons. The van der Waals surface area contributed by atoms with Crippen LogP contribution < -0.4 is 10.3 Å². The van der Waals surface area contributed by atoms with E-state index in [0.717, 1.165) is 5.39 Å². The van der Waals surface area contributed by atoms with Gasteiger partial charge in [-0.15, -0.1) is 0 Å². The van der Waals surface area contributed by atoms with Crippen LogP contribution in [-0.4, -0.2) is 22.7 Å². The van der Waals surface area contributed by atoms with E-state index in [2.05, 4.69) is 4.98 Å². The fourth-order valence-electron chi connectivity index (χ4n) is 1.95. The van der Waals surface area contributed by atoms with Gasteiger partial charge in [-0.2, -0.15) is 0 Å². The third-order valence-corrected chi connectivity index (χ3v) is 2.83. The number of benzene rings is 1. The first-order valence-corrected chi connectivity index (χ1v) is 6.11. The molecule has 0 bridgehead atoms. The minimum absolute atomic E-state index is 0.0558. The second kappa shape index (κ2) is 5.56. The summed E-state index contributed by atoms with van der Waals surface area (Å²) in [6.07, 6.45) is 0.166. The van der Waals surface area contributed by atoms with Crippen LogP contribution in [0, 0.1) is 0 Å². The quantitative estimate of drug-likeness (QED) is 0.862. The van der Waals surface area contributed by atoms with E-state index in [-0.39, 0.29) is 18.4 Å². The fraction of sp³-hybridized carbons (Fsp3) is 0.286. The van der Waals surface area contributed by atoms with Gasteiger partial charge in [-0.05, 0) is 25.5 Å². The van der Waals surface area contributed by atoms with E-state index in [1.54, 1.807) is 12.1 Å². The molecule has 0 radical (unpaired) electrons. The van der Waals surface area contributed by atoms with Crippen molar-refractivity contribution in [3.8, 4) is 5.75 Å². The van der Waals surface area contributed by atoms with Crippen LogP contribution in [0.3, 0.4) is 0 Å². The molecule has 1 aromatic carbocycles. The van der Waals surface area contributed by atoms with E-state index in [4.69, 9.17) is 9.84 Å². The number of aromatic nitrogens is 1. The molecule has 0 aliphatic rings. The molecule has 2 N–H and O–H groups in total. The van der Waals surface area contributed by atoms with Crippen LogP contribution in [-0.2, 0) is 11.2 Å². The van der Waals surface area contributed by atoms with Crippen LogP contribution in [0.15, 0.2) is 29.1 Å². The molecule has 0 saturated heterocycles. The van der Waals surface area contributed by atoms with Gasteiger partial charge in [0.25, 0.3) is 5.56 Å². The lowest BCUT2D eigenvalue weighted by atomic mass is 10.1. The Morgan fingerprint density at radius 2 is 2.21 bits per heavy atom. The molecule has 1 heterocycles. The molecule has 0 fully saturated rings. The summed E-state index contributed by atoms with van der Waals surface area (Å²) < 4.78 is 5.45. The molecule has 5 nitrogen and oxygen atoms in total. The summed E-state index contributed by atoms with van der Waals surface area (Å²) >= 11 is 0. The van der Waals surface area contributed by atoms with Crippen LogP contribution in [0.5, 0.6) is 5.75 Å². The van der Waals surface area contributed by atoms with E-state index < -0.39 is 5.97 Å². The molecule has 5 heteroatoms. The number of nitrogens with one attached hydrogen (secondary N) is 1. The lowest BCUT2D eigenvalue weighted by molar-refractivity contribution is -0.136. The highest BCUT2D eigenvalue weighted by molar-refractivity contribution is 5.84. The standard InChI is InChI=1S/C14H15NO4/c1-2-19-11-5-3-4-9-8-10(6-7-12(16)17)14(18)15-13(9)11/h3-5,8H,2,6-7H2,1H3,(H,15,18)(H,16,17). The van der Waals surface area contributed by atoms with Gasteiger partial charge in [0.05, 0.1) is 12.1 Å². The maximum Gasteiger partial charge on any atom is 0.303 e. The van der Waals surface area contributed by atoms with Crippen LogP contribution >= 0.6 is 0 Å². The molecule has 0 aliphatic carbocycles. The van der Waals surface area contributed by atoms with Gasteiger partial charge in [-0.1, -0.05) is 12.1 Å². The lowest BCUT2D eigenvalue weighted by Gasteiger charge is -2.08. The predicted octanol–water partition coefficient (Wildman–Crippen LogP) is 1.94. The molecule has 0 saturated carbocycles. The first-order valence-electron chi connectivity index (χ1n) is 6.11. The van der Waals surface area contributed by atoms with Crippen molar-refractivity contribution in [2.75, 3.05) is 6.61 Å². The zero-order valence-corrected chi connectivity index (χ0v) is 10.6. The summed E-state index contributed by atoms with van der Waals surface area (Å²) in [7, 11) is 0. The van der Waals surface area contributed by atoms with E-state index in [1.807, 2.05) is 19.1 Å². The molecular formula is C14H15NO4. The number of aromatic amines is 1. The van der Waals surface area contributed by atoms with Crippen molar-refractivity contribution in [2.24, 2.45) is 0 Å². The molecule has 0 amide bonds. The maximum absolute atomic E-state index is 11.9. The normalized spacial score (nSPS) is 10.6. The number of aryl methyl sites for hydroxylation is 1. The number of H-pyrrole nitrogens is 1. The van der Waals surface area contributed by atoms with Gasteiger partial charge >= 0.3 is 5.97 Å². The number of rotatable bonds is 5. The van der Waals surface area contributed by atoms with Crippen molar-refractivity contribution in [2.45, 2.75) is 19.8 Å². The van der Waals surface area contributed by atoms with Gasteiger partial charge in [0, 0.05) is 17.4 Å². The molecule has 0 unspecified atom stereocenters. The van der Waals surface area contributed by atoms with E-state index in [0.29, 0.717) is 23.4 Å². The highest BCUT2D eigenvalue weighted by atomic mass is 16.5. The fourth-order valence-corrected chi connectivity index (χ4v) is 1.95. The summed E-state index contributed by atoms with van der Waals surface area (Å²) in [5.41, 5.74) is 0.859. The Labute approximate surface area is 109 Å². The first kappa shape index (κ1) is 13.1. The lowest BCUT2D eigenvalue weighted by Crippen LogP contribution is -2.14. The second-order valence-electron chi connectivity index (χ2n) is 4.17. The topological polar surface area (TPSA) is 79.4 Å². The molecular weight excluding hydrogens is 246 g/mol. The van der Waals surface area contributed by atoms with Gasteiger partial charge in [-0.3, -0.25) is 9.59 Å². The van der Waals surface area contributed by atoms with Crippen LogP contribution in [0.2, 0.25) is 0 Å². The average molecular weight is 261 g/mol. The Bertz CT molecular complexity index is 660. The zero-order valence-electron chi connectivity index (χ0n) is 10.6. The van der Waals surface area contributed by atoms with Crippen molar-refractivity contribution >= 4 is 16.9 Å². The Hall–Kier alpha value is -2.30. The van der Waals surface area contributed by atoms with E-state index >= 15 is 0 Å². The smallest absolute Gasteiger partial charge is 0.303 e. The number of pyridine rings is 1. The molecule has 2 aromatic rings. The number of para-hydroxylation sites is 1. The number of carbonyl (C=O) groups is 1. The number of fused-ring (bicyclic) bond motifs is 1. The van der Waals surface area contributed by atoms with Crippen molar-refractivity contribution in [1.29, 1.82) is 0 Å². The monoisotopic (exact) mass is 261 g/mol. The maximum atomic E-state index is 11.9. The number of carboxylic acid groups (broad SMARTS) is 1. The SMILES string of the molecule is CCOc1cccc2cc(CCC(=O)O)c(=O)[nH]c12. The van der Waals surface area contributed by atoms with Gasteiger partial charge < -0.3 is 14.8 Å². The third-order valence-electron chi connectivity index (χ3n) is 2.83. The first-order chi connectivity index (χ1) is 9.11. The highest BCUT2D eigenvalue weighted by Crippen LogP contribution is 2.23. The molecule has 0 atom stereocenters. The van der Waals surface area contributed by atoms with Gasteiger partial charge in [0.1, 0.15) is 5.75 Å². The molecule has 1 aromatic heterocycles. The Balaban J connectivity index is 2.46. The predicted molar refractivity (Wildman–Crippen MR) is 71.7 cm³/mol. The van der Waals surface area contributed by atoms with Crippen molar-refractivity contribution in [3.63, 3.8) is 0 Å². The molecule has 0 spiro atoms. The van der Waals surface area contributed by atoms with E-state index in [1.165, 1.54) is 0 Å². The summed E-state index contributed by atoms with van der Waals surface area (Å²) in [6.45, 7) is 2.39. The summed E-state index contributed by atoms with van der Waals surface area (Å²) in [5.74, 6) is -0.288. The van der Waals surface area contributed by atoms with Crippen LogP contribution in [0.4, 0.5) is 0 Å². The number of hydrogen-bond acceptors (Lipinski definition) is 3. The summed E-state index contributed by atoms with van der Waals surface area (Å²) in [4.78, 5) is 25.2. The average Bonchev–Trinajstić information content (AvgIpc) is 2.37. The van der Waals surface area contributed by atoms with Crippen LogP contribution in [0.25, 0.3) is 10.9 Å². The van der Waals surface area contributed by atoms with Crippen molar-refractivity contribution < 1.29 is 14.6 Å². The number of ether oxygens (including phenoxy) is 1. The molecule has 0 aliphatic heterocycles. The van der Waals surface area contributed by atoms with Gasteiger partial charge in [0.2, 0.25) is 0 Å². The van der Waals surface area contributed by atoms with E-state index in [9.17, 15) is 9.59 Å². The van der Waals surface area contributed by atoms with Crippen molar-refractivity contribution in [3.05, 3.63) is 40.2 Å². The Morgan fingerprint density at radius 3 is 2.89 bits per heavy atom. The number of carboxylic acids is 1. The number of aliphatic carboxylic acids is 1. The summed E-state index contributed by atoms with van der Waals surface area (Å²) in [6, 6.07) is 7.21. The Morgan fingerprint density at radius 1 is 1.42 bits per heavy atom. The summed E-state index contributed by atoms with van der Waals surface area (Å²) in [5, 5.41) is 9.50. The number of hydrogen-bond donors (Lipinski definition) is 2. The van der Waals surface area contributed by atoms with Gasteiger partial charge in [-0.25, -0.2) is 0 Å². The van der Waals surface area contributed by atoms with Crippen LogP contribution in [0.1, 0.15) is 18.9 Å². The highest BCUT2D eigenvalue weighted by Gasteiger charge is 2.08. The third kappa shape index (κ3) is 2.93. The Kier molecular flexibility index (Phi) is 3.85. The second-order valence-corrected chi connectivity index (χ2v) is 4.17. The zero-order chi connectivity index (χ0) is 13.8. The minimum Gasteiger partial charge on any atom is -0.492 e. The minimum atomic E-state index is -0.914. The van der Waals surface area contributed by atoms with Crippen molar-refractivity contribution in [1.82, 2.24) is 4.98 Å². The molecule has 19 heavy (non-hydrogen) atoms. The van der Waals surface area contributed by atoms with Gasteiger partial charge in [0.15, 0.2) is 0 Å². The largest absolute Gasteiger partial charge is 0.492 e.